The number of carboxylic acid groups (broad SMARTS) is 1. The van der Waals surface area contributed by atoms with Gasteiger partial charge >= 0.3 is 23.9 Å². The summed E-state index contributed by atoms with van der Waals surface area (Å²) in [6.45, 7) is 3.71. The fraction of sp³-hybridized carbons (Fsp3) is 0.607. The van der Waals surface area contributed by atoms with E-state index in [4.69, 9.17) is 14.2 Å². The maximum atomic E-state index is 13.5. The molecule has 5 bridgehead atoms. The molecule has 0 saturated carbocycles. The second-order valence-corrected chi connectivity index (χ2v) is 10.7. The number of carbonyl (C=O) groups is 5. The Bertz CT molecular complexity index is 1160. The van der Waals surface area contributed by atoms with E-state index in [0.717, 1.165) is 32.1 Å². The Morgan fingerprint density at radius 2 is 1.95 bits per heavy atom. The van der Waals surface area contributed by atoms with Gasteiger partial charge in [-0.3, -0.25) is 14.4 Å². The molecule has 0 aromatic carbocycles. The normalized spacial score (nSPS) is 35.7. The number of carboxylic acids is 1. The number of carbonyl (C=O) groups excluding carboxylic acids is 4. The first kappa shape index (κ1) is 25.6. The van der Waals surface area contributed by atoms with Crippen molar-refractivity contribution in [2.75, 3.05) is 0 Å². The number of ether oxygens (including phenoxy) is 3. The molecule has 1 N–H and O–H groups in total. The molecule has 0 aromatic rings. The molecule has 0 amide bonds. The van der Waals surface area contributed by atoms with Gasteiger partial charge in [0.05, 0.1) is 23.5 Å². The number of cyclic esters (lactones) is 2. The van der Waals surface area contributed by atoms with Gasteiger partial charge in [-0.1, -0.05) is 38.0 Å². The highest BCUT2D eigenvalue weighted by atomic mass is 16.7. The van der Waals surface area contributed by atoms with Gasteiger partial charge in [0.1, 0.15) is 11.5 Å². The molecule has 5 aliphatic rings. The van der Waals surface area contributed by atoms with Gasteiger partial charge in [-0.05, 0) is 44.4 Å². The van der Waals surface area contributed by atoms with Crippen LogP contribution in [0.15, 0.2) is 34.9 Å². The number of esters is 3. The van der Waals surface area contributed by atoms with Gasteiger partial charge < -0.3 is 19.3 Å². The molecule has 6 atom stereocenters. The monoisotopic (exact) mass is 512 g/mol. The fourth-order valence-corrected chi connectivity index (χ4v) is 7.07. The second-order valence-electron chi connectivity index (χ2n) is 10.7. The molecule has 9 heteroatoms. The minimum Gasteiger partial charge on any atom is -0.481 e. The Labute approximate surface area is 214 Å². The zero-order valence-electron chi connectivity index (χ0n) is 21.1. The standard InChI is InChI=1S/C28H32O9/c1-3-5-6-7-8-9-10-15-11-20-27(14-21(30)31)13-17-22(25(33)35-24(17)32)23-16(15)12-19(18(29)4-2)36-28(20,23)37-26(27)34/h3,5,11,15-16,19,23H,4,6-10,12-14H2,1-2H3,(H,30,31)/b5-3+/t15-,16+,19-,23+,27-,28-/m0/s1. The van der Waals surface area contributed by atoms with Crippen LogP contribution in [0, 0.1) is 23.2 Å². The molecule has 2 aliphatic carbocycles. The molecule has 0 unspecified atom stereocenters. The number of unbranched alkanes of at least 4 members (excludes halogenated alkanes) is 3. The van der Waals surface area contributed by atoms with E-state index in [1.165, 1.54) is 0 Å². The van der Waals surface area contributed by atoms with E-state index in [-0.39, 0.29) is 41.6 Å². The molecular weight excluding hydrogens is 480 g/mol. The number of rotatable bonds is 10. The number of ketones is 1. The lowest BCUT2D eigenvalue weighted by Crippen LogP contribution is -2.59. The van der Waals surface area contributed by atoms with Gasteiger partial charge in [0.25, 0.3) is 0 Å². The van der Waals surface area contributed by atoms with Crippen molar-refractivity contribution in [2.24, 2.45) is 23.2 Å². The summed E-state index contributed by atoms with van der Waals surface area (Å²) in [5.74, 6) is -6.96. The average molecular weight is 513 g/mol. The summed E-state index contributed by atoms with van der Waals surface area (Å²) in [5.41, 5.74) is -1.23. The third-order valence-electron chi connectivity index (χ3n) is 8.67. The average Bonchev–Trinajstić information content (AvgIpc) is 3.20. The van der Waals surface area contributed by atoms with E-state index in [2.05, 4.69) is 6.08 Å². The van der Waals surface area contributed by atoms with Crippen LogP contribution < -0.4 is 0 Å². The highest BCUT2D eigenvalue weighted by Gasteiger charge is 2.75. The van der Waals surface area contributed by atoms with Crippen molar-refractivity contribution < 1.29 is 43.3 Å². The van der Waals surface area contributed by atoms with Crippen LogP contribution in [0.3, 0.4) is 0 Å². The maximum absolute atomic E-state index is 13.5. The third-order valence-corrected chi connectivity index (χ3v) is 8.67. The Kier molecular flexibility index (Phi) is 6.46. The highest BCUT2D eigenvalue weighted by Crippen LogP contribution is 2.67. The lowest BCUT2D eigenvalue weighted by molar-refractivity contribution is -0.268. The van der Waals surface area contributed by atoms with Gasteiger partial charge in [-0.25, -0.2) is 9.59 Å². The summed E-state index contributed by atoms with van der Waals surface area (Å²) in [5, 5.41) is 9.82. The highest BCUT2D eigenvalue weighted by molar-refractivity contribution is 6.14. The zero-order chi connectivity index (χ0) is 26.5. The minimum atomic E-state index is -1.80. The first-order valence-electron chi connectivity index (χ1n) is 13.2. The van der Waals surface area contributed by atoms with Crippen LogP contribution in [-0.2, 0) is 38.2 Å². The maximum Gasteiger partial charge on any atom is 0.343 e. The Morgan fingerprint density at radius 1 is 1.16 bits per heavy atom. The van der Waals surface area contributed by atoms with Crippen LogP contribution in [-0.4, -0.2) is 46.7 Å². The lowest BCUT2D eigenvalue weighted by atomic mass is 9.59. The molecule has 2 saturated heterocycles. The minimum absolute atomic E-state index is 0.0292. The summed E-state index contributed by atoms with van der Waals surface area (Å²) in [4.78, 5) is 64.2. The van der Waals surface area contributed by atoms with Crippen molar-refractivity contribution in [3.8, 4) is 0 Å². The van der Waals surface area contributed by atoms with Crippen LogP contribution in [0.2, 0.25) is 0 Å². The van der Waals surface area contributed by atoms with Gasteiger partial charge in [0.2, 0.25) is 5.79 Å². The van der Waals surface area contributed by atoms with Gasteiger partial charge in [0.15, 0.2) is 5.78 Å². The van der Waals surface area contributed by atoms with Crippen molar-refractivity contribution >= 4 is 29.7 Å². The molecule has 3 heterocycles. The number of Topliss-reactive ketones (excluding diaryl/α,β-unsaturated/α-hetero) is 1. The Morgan fingerprint density at radius 3 is 2.65 bits per heavy atom. The quantitative estimate of drug-likeness (QED) is 0.202. The predicted octanol–water partition coefficient (Wildman–Crippen LogP) is 3.57. The third kappa shape index (κ3) is 3.81. The topological polar surface area (TPSA) is 133 Å². The van der Waals surface area contributed by atoms with Gasteiger partial charge in [-0.15, -0.1) is 0 Å². The first-order chi connectivity index (χ1) is 17.7. The molecule has 2 fully saturated rings. The van der Waals surface area contributed by atoms with Crippen LogP contribution in [0.4, 0.5) is 0 Å². The van der Waals surface area contributed by atoms with Crippen molar-refractivity contribution in [3.05, 3.63) is 34.9 Å². The van der Waals surface area contributed by atoms with E-state index in [1.807, 2.05) is 19.1 Å². The van der Waals surface area contributed by atoms with E-state index in [1.54, 1.807) is 6.92 Å². The molecule has 0 aromatic heterocycles. The van der Waals surface area contributed by atoms with E-state index >= 15 is 0 Å². The Hall–Kier alpha value is -3.07. The van der Waals surface area contributed by atoms with Crippen molar-refractivity contribution in [1.82, 2.24) is 0 Å². The van der Waals surface area contributed by atoms with Gasteiger partial charge in [-0.2, -0.15) is 0 Å². The fourth-order valence-electron chi connectivity index (χ4n) is 7.07. The zero-order valence-corrected chi connectivity index (χ0v) is 21.1. The van der Waals surface area contributed by atoms with Crippen molar-refractivity contribution in [3.63, 3.8) is 0 Å². The molecule has 3 aliphatic heterocycles. The summed E-state index contributed by atoms with van der Waals surface area (Å²) < 4.78 is 17.2. The number of allylic oxidation sites excluding steroid dienone is 3. The van der Waals surface area contributed by atoms with Crippen LogP contribution >= 0.6 is 0 Å². The van der Waals surface area contributed by atoms with Crippen molar-refractivity contribution in [1.29, 1.82) is 0 Å². The van der Waals surface area contributed by atoms with E-state index in [0.29, 0.717) is 12.0 Å². The number of hydrogen-bond donors (Lipinski definition) is 1. The van der Waals surface area contributed by atoms with Crippen LogP contribution in [0.1, 0.15) is 71.6 Å². The van der Waals surface area contributed by atoms with Crippen molar-refractivity contribution in [2.45, 2.75) is 83.5 Å². The van der Waals surface area contributed by atoms with Crippen LogP contribution in [0.25, 0.3) is 0 Å². The first-order valence-corrected chi connectivity index (χ1v) is 13.2. The van der Waals surface area contributed by atoms with Gasteiger partial charge in [0, 0.05) is 18.4 Å². The molecule has 37 heavy (non-hydrogen) atoms. The predicted molar refractivity (Wildman–Crippen MR) is 127 cm³/mol. The molecule has 198 valence electrons. The summed E-state index contributed by atoms with van der Waals surface area (Å²) in [7, 11) is 0. The van der Waals surface area contributed by atoms with E-state index in [9.17, 15) is 29.1 Å². The SMILES string of the molecule is C/C=C/CCCCC[C@H]1C=C2[C@@]3(CC(=O)O)CC4=C(C(=O)OC4=O)[C@H]4[C@@H]1C[C@@H](C(=O)CC)O[C@]24OC3=O. The second kappa shape index (κ2) is 9.35. The smallest absolute Gasteiger partial charge is 0.343 e. The summed E-state index contributed by atoms with van der Waals surface area (Å²) >= 11 is 0. The molecule has 5 rings (SSSR count). The Balaban J connectivity index is 1.64. The number of hydrogen-bond acceptors (Lipinski definition) is 8. The summed E-state index contributed by atoms with van der Waals surface area (Å²) in [6, 6.07) is 0. The summed E-state index contributed by atoms with van der Waals surface area (Å²) in [6.07, 6.45) is 9.37. The molecular formula is C28H32O9. The largest absolute Gasteiger partial charge is 0.481 e. The number of aliphatic carboxylic acids is 1. The van der Waals surface area contributed by atoms with E-state index < -0.39 is 53.5 Å². The van der Waals surface area contributed by atoms with Crippen LogP contribution in [0.5, 0.6) is 0 Å². The lowest BCUT2D eigenvalue weighted by Gasteiger charge is -2.52. The molecule has 0 radical (unpaired) electrons. The molecule has 9 nitrogen and oxygen atoms in total. The molecule has 1 spiro atoms.